The molecule has 1 aliphatic rings. The lowest BCUT2D eigenvalue weighted by Gasteiger charge is -2.39. The molecular weight excluding hydrogens is 198 g/mol. The lowest BCUT2D eigenvalue weighted by Crippen LogP contribution is -2.40. The Morgan fingerprint density at radius 2 is 1.88 bits per heavy atom. The summed E-state index contributed by atoms with van der Waals surface area (Å²) < 4.78 is 5.60. The van der Waals surface area contributed by atoms with Gasteiger partial charge in [-0.05, 0) is 51.6 Å². The van der Waals surface area contributed by atoms with Crippen LogP contribution in [0.25, 0.3) is 0 Å². The molecule has 16 heavy (non-hydrogen) atoms. The first-order valence-corrected chi connectivity index (χ1v) is 6.90. The van der Waals surface area contributed by atoms with Gasteiger partial charge in [-0.25, -0.2) is 0 Å². The van der Waals surface area contributed by atoms with E-state index in [-0.39, 0.29) is 0 Å². The monoisotopic (exact) mass is 227 g/mol. The van der Waals surface area contributed by atoms with Crippen LogP contribution in [-0.2, 0) is 4.74 Å². The number of piperidine rings is 1. The second kappa shape index (κ2) is 6.61. The Labute approximate surface area is 101 Å². The molecule has 2 nitrogen and oxygen atoms in total. The van der Waals surface area contributed by atoms with E-state index in [1.165, 1.54) is 38.8 Å². The lowest BCUT2D eigenvalue weighted by atomic mass is 9.77. The van der Waals surface area contributed by atoms with E-state index in [9.17, 15) is 0 Å². The van der Waals surface area contributed by atoms with Gasteiger partial charge >= 0.3 is 0 Å². The predicted octanol–water partition coefficient (Wildman–Crippen LogP) is 3.31. The fraction of sp³-hybridized carbons (Fsp3) is 1.00. The summed E-state index contributed by atoms with van der Waals surface area (Å²) >= 11 is 0. The first kappa shape index (κ1) is 14.0. The summed E-state index contributed by atoms with van der Waals surface area (Å²) in [6.45, 7) is 13.5. The second-order valence-electron chi connectivity index (χ2n) is 5.82. The zero-order valence-electron chi connectivity index (χ0n) is 11.6. The Balaban J connectivity index is 2.16. The second-order valence-corrected chi connectivity index (χ2v) is 5.82. The van der Waals surface area contributed by atoms with E-state index in [2.05, 4.69) is 32.6 Å². The van der Waals surface area contributed by atoms with E-state index in [4.69, 9.17) is 4.74 Å². The highest BCUT2D eigenvalue weighted by molar-refractivity contribution is 4.81. The summed E-state index contributed by atoms with van der Waals surface area (Å²) in [5.74, 6) is 0. The highest BCUT2D eigenvalue weighted by Gasteiger charge is 2.28. The van der Waals surface area contributed by atoms with Crippen LogP contribution in [0.2, 0.25) is 0 Å². The van der Waals surface area contributed by atoms with Crippen LogP contribution in [0.3, 0.4) is 0 Å². The maximum atomic E-state index is 5.60. The highest BCUT2D eigenvalue weighted by atomic mass is 16.5. The van der Waals surface area contributed by atoms with Gasteiger partial charge in [-0.3, -0.25) is 0 Å². The predicted molar refractivity (Wildman–Crippen MR) is 69.8 cm³/mol. The number of ether oxygens (including phenoxy) is 1. The molecule has 0 amide bonds. The van der Waals surface area contributed by atoms with Crippen molar-refractivity contribution in [2.24, 2.45) is 5.41 Å². The van der Waals surface area contributed by atoms with Gasteiger partial charge in [0.2, 0.25) is 0 Å². The molecule has 96 valence electrons. The van der Waals surface area contributed by atoms with Gasteiger partial charge in [0.05, 0.1) is 12.7 Å². The van der Waals surface area contributed by atoms with Crippen molar-refractivity contribution < 1.29 is 4.74 Å². The number of likely N-dealkylation sites (tertiary alicyclic amines) is 1. The van der Waals surface area contributed by atoms with Crippen molar-refractivity contribution in [2.45, 2.75) is 59.5 Å². The van der Waals surface area contributed by atoms with Gasteiger partial charge in [0.15, 0.2) is 0 Å². The van der Waals surface area contributed by atoms with Crippen molar-refractivity contribution in [1.29, 1.82) is 0 Å². The molecule has 1 saturated heterocycles. The highest BCUT2D eigenvalue weighted by Crippen LogP contribution is 2.35. The Bertz CT molecular complexity index is 183. The van der Waals surface area contributed by atoms with Crippen LogP contribution in [0.4, 0.5) is 0 Å². The van der Waals surface area contributed by atoms with Crippen LogP contribution in [0.5, 0.6) is 0 Å². The summed E-state index contributed by atoms with van der Waals surface area (Å²) in [5, 5.41) is 0. The van der Waals surface area contributed by atoms with E-state index in [0.717, 1.165) is 13.2 Å². The topological polar surface area (TPSA) is 12.5 Å². The third-order valence-electron chi connectivity index (χ3n) is 3.78. The van der Waals surface area contributed by atoms with Crippen LogP contribution in [0.15, 0.2) is 0 Å². The van der Waals surface area contributed by atoms with Gasteiger partial charge in [0, 0.05) is 6.54 Å². The van der Waals surface area contributed by atoms with Crippen molar-refractivity contribution in [1.82, 2.24) is 4.90 Å². The van der Waals surface area contributed by atoms with Gasteiger partial charge in [-0.2, -0.15) is 0 Å². The van der Waals surface area contributed by atoms with E-state index >= 15 is 0 Å². The van der Waals surface area contributed by atoms with E-state index < -0.39 is 0 Å². The first-order valence-electron chi connectivity index (χ1n) is 6.90. The normalized spacial score (nSPS) is 21.6. The molecule has 0 atom stereocenters. The molecule has 0 aromatic heterocycles. The van der Waals surface area contributed by atoms with Gasteiger partial charge in [-0.1, -0.05) is 20.3 Å². The minimum atomic E-state index is 0.371. The van der Waals surface area contributed by atoms with E-state index in [1.54, 1.807) is 0 Å². The van der Waals surface area contributed by atoms with Crippen LogP contribution in [-0.4, -0.2) is 37.2 Å². The molecule has 0 spiro atoms. The average Bonchev–Trinajstić information content (AvgIpc) is 2.21. The molecule has 0 aromatic rings. The van der Waals surface area contributed by atoms with Gasteiger partial charge in [-0.15, -0.1) is 0 Å². The van der Waals surface area contributed by atoms with E-state index in [0.29, 0.717) is 11.5 Å². The molecule has 1 rings (SSSR count). The van der Waals surface area contributed by atoms with E-state index in [1.807, 2.05) is 0 Å². The third kappa shape index (κ3) is 4.84. The molecule has 2 heteroatoms. The number of rotatable bonds is 6. The molecule has 0 N–H and O–H groups in total. The quantitative estimate of drug-likeness (QED) is 0.690. The van der Waals surface area contributed by atoms with Crippen molar-refractivity contribution >= 4 is 0 Å². The number of nitrogens with zero attached hydrogens (tertiary/aromatic N) is 1. The molecule has 0 saturated carbocycles. The maximum Gasteiger partial charge on any atom is 0.0596 e. The zero-order valence-corrected chi connectivity index (χ0v) is 11.6. The Morgan fingerprint density at radius 1 is 1.25 bits per heavy atom. The maximum absolute atomic E-state index is 5.60. The van der Waals surface area contributed by atoms with Crippen LogP contribution in [0.1, 0.15) is 53.4 Å². The van der Waals surface area contributed by atoms with Crippen LogP contribution >= 0.6 is 0 Å². The number of hydrogen-bond acceptors (Lipinski definition) is 2. The molecular formula is C14H29NO. The Kier molecular flexibility index (Phi) is 5.77. The van der Waals surface area contributed by atoms with Gasteiger partial charge in [0.25, 0.3) is 0 Å². The average molecular weight is 227 g/mol. The van der Waals surface area contributed by atoms with Crippen LogP contribution < -0.4 is 0 Å². The lowest BCUT2D eigenvalue weighted by molar-refractivity contribution is 0.0390. The zero-order chi connectivity index (χ0) is 12.0. The van der Waals surface area contributed by atoms with Gasteiger partial charge < -0.3 is 9.64 Å². The van der Waals surface area contributed by atoms with Crippen molar-refractivity contribution in [3.63, 3.8) is 0 Å². The summed E-state index contributed by atoms with van der Waals surface area (Å²) in [6.07, 6.45) is 5.82. The molecule has 0 aliphatic carbocycles. The molecule has 1 fully saturated rings. The molecule has 0 bridgehead atoms. The Hall–Kier alpha value is -0.0800. The minimum Gasteiger partial charge on any atom is -0.377 e. The van der Waals surface area contributed by atoms with Gasteiger partial charge in [0.1, 0.15) is 0 Å². The van der Waals surface area contributed by atoms with Crippen molar-refractivity contribution in [3.05, 3.63) is 0 Å². The summed E-state index contributed by atoms with van der Waals surface area (Å²) in [6, 6.07) is 0. The third-order valence-corrected chi connectivity index (χ3v) is 3.78. The molecule has 0 unspecified atom stereocenters. The molecule has 1 aliphatic heterocycles. The van der Waals surface area contributed by atoms with Crippen molar-refractivity contribution in [2.75, 3.05) is 26.2 Å². The molecule has 0 aromatic carbocycles. The first-order chi connectivity index (χ1) is 7.56. The Morgan fingerprint density at radius 3 is 2.38 bits per heavy atom. The number of hydrogen-bond donors (Lipinski definition) is 0. The summed E-state index contributed by atoms with van der Waals surface area (Å²) in [4.78, 5) is 2.56. The fourth-order valence-corrected chi connectivity index (χ4v) is 2.59. The fourth-order valence-electron chi connectivity index (χ4n) is 2.59. The van der Waals surface area contributed by atoms with Crippen molar-refractivity contribution in [3.8, 4) is 0 Å². The summed E-state index contributed by atoms with van der Waals surface area (Å²) in [5.41, 5.74) is 0.615. The largest absolute Gasteiger partial charge is 0.377 e. The minimum absolute atomic E-state index is 0.371. The SMILES string of the molecule is CCCC1(C)CCN(CCOC(C)C)CC1. The standard InChI is InChI=1S/C14H29NO/c1-5-6-14(4)7-9-15(10-8-14)11-12-16-13(2)3/h13H,5-12H2,1-4H3. The molecule has 1 heterocycles. The molecule has 0 radical (unpaired) electrons. The van der Waals surface area contributed by atoms with Crippen LogP contribution in [0, 0.1) is 5.41 Å². The smallest absolute Gasteiger partial charge is 0.0596 e. The summed E-state index contributed by atoms with van der Waals surface area (Å²) in [7, 11) is 0.